The molecule has 0 atom stereocenters. The average Bonchev–Trinajstić information content (AvgIpc) is 2.29. The maximum absolute atomic E-state index is 11.9. The summed E-state index contributed by atoms with van der Waals surface area (Å²) in [5.74, 6) is 0. The summed E-state index contributed by atoms with van der Waals surface area (Å²) in [7, 11) is -4.11. The van der Waals surface area contributed by atoms with Crippen molar-refractivity contribution < 1.29 is 8.42 Å². The number of rotatable bonds is 3. The Hall–Kier alpha value is -2.25. The highest BCUT2D eigenvalue weighted by atomic mass is 32.2. The van der Waals surface area contributed by atoms with E-state index in [9.17, 15) is 8.42 Å². The summed E-state index contributed by atoms with van der Waals surface area (Å²) in [4.78, 5) is -0.0719. The number of sulfonamides is 1. The first-order valence-corrected chi connectivity index (χ1v) is 6.14. The second kappa shape index (κ2) is 4.73. The van der Waals surface area contributed by atoms with Crippen molar-refractivity contribution in [2.75, 3.05) is 5.73 Å². The number of anilines is 1. The summed E-state index contributed by atoms with van der Waals surface area (Å²) < 4.78 is 23.9. The highest BCUT2D eigenvalue weighted by Gasteiger charge is 2.25. The first-order valence-electron chi connectivity index (χ1n) is 4.70. The lowest BCUT2D eigenvalue weighted by atomic mass is 10.1. The highest BCUT2D eigenvalue weighted by molar-refractivity contribution is 7.89. The van der Waals surface area contributed by atoms with E-state index in [0.29, 0.717) is 17.7 Å². The van der Waals surface area contributed by atoms with Crippen LogP contribution < -0.4 is 5.73 Å². The van der Waals surface area contributed by atoms with Gasteiger partial charge in [0.05, 0.1) is 4.90 Å². The van der Waals surface area contributed by atoms with Crippen LogP contribution in [-0.4, -0.2) is 12.7 Å². The molecular weight excluding hydrogens is 240 g/mol. The Morgan fingerprint density at radius 2 is 1.94 bits per heavy atom. The third-order valence-corrected chi connectivity index (χ3v) is 3.76. The van der Waals surface area contributed by atoms with Gasteiger partial charge in [-0.2, -0.15) is 18.9 Å². The van der Waals surface area contributed by atoms with Crippen molar-refractivity contribution >= 4 is 15.7 Å². The molecule has 0 saturated carbocycles. The van der Waals surface area contributed by atoms with E-state index in [2.05, 4.69) is 0 Å². The van der Waals surface area contributed by atoms with Gasteiger partial charge in [0.2, 0.25) is 12.4 Å². The van der Waals surface area contributed by atoms with Crippen LogP contribution in [0.4, 0.5) is 5.69 Å². The van der Waals surface area contributed by atoms with Gasteiger partial charge in [-0.15, -0.1) is 0 Å². The minimum atomic E-state index is -4.11. The van der Waals surface area contributed by atoms with Crippen LogP contribution in [0.15, 0.2) is 23.1 Å². The van der Waals surface area contributed by atoms with E-state index in [0.717, 1.165) is 0 Å². The lowest BCUT2D eigenvalue weighted by Gasteiger charge is -2.11. The van der Waals surface area contributed by atoms with Gasteiger partial charge in [-0.05, 0) is 30.2 Å². The van der Waals surface area contributed by atoms with Gasteiger partial charge in [-0.3, -0.25) is 0 Å². The lowest BCUT2D eigenvalue weighted by Crippen LogP contribution is -2.22. The molecule has 0 radical (unpaired) electrons. The zero-order valence-corrected chi connectivity index (χ0v) is 9.90. The summed E-state index contributed by atoms with van der Waals surface area (Å²) in [5, 5.41) is 17.2. The Labute approximate surface area is 99.5 Å². The van der Waals surface area contributed by atoms with Crippen LogP contribution in [0.25, 0.3) is 0 Å². The summed E-state index contributed by atoms with van der Waals surface area (Å²) in [5.41, 5.74) is 6.45. The molecule has 2 N–H and O–H groups in total. The van der Waals surface area contributed by atoms with Crippen molar-refractivity contribution in [2.24, 2.45) is 0 Å². The number of hydrogen-bond acceptors (Lipinski definition) is 5. The zero-order chi connectivity index (χ0) is 13.1. The molecule has 0 unspecified atom stereocenters. The number of nitriles is 2. The van der Waals surface area contributed by atoms with Crippen molar-refractivity contribution in [3.63, 3.8) is 0 Å². The van der Waals surface area contributed by atoms with Gasteiger partial charge in [0, 0.05) is 5.69 Å². The molecule has 6 nitrogen and oxygen atoms in total. The number of benzene rings is 1. The third kappa shape index (κ3) is 2.30. The van der Waals surface area contributed by atoms with Crippen molar-refractivity contribution in [2.45, 2.75) is 18.2 Å². The minimum absolute atomic E-state index is 0.0671. The predicted octanol–water partition coefficient (Wildman–Crippen LogP) is 0.784. The van der Waals surface area contributed by atoms with Crippen LogP contribution in [0.3, 0.4) is 0 Å². The molecule has 0 fully saturated rings. The number of nitrogens with two attached hydrogens (primary N) is 1. The molecule has 0 spiro atoms. The maximum Gasteiger partial charge on any atom is 0.285 e. The fraction of sp³-hybridized carbons (Fsp3) is 0.200. The highest BCUT2D eigenvalue weighted by Crippen LogP contribution is 2.22. The topological polar surface area (TPSA) is 111 Å². The zero-order valence-electron chi connectivity index (χ0n) is 9.08. The Balaban J connectivity index is 3.46. The molecule has 0 aromatic heterocycles. The number of hydrogen-bond donors (Lipinski definition) is 1. The molecule has 7 heteroatoms. The SMILES string of the molecule is CCc1cc(N)ccc1S(=O)(=O)N(C#N)C#N. The lowest BCUT2D eigenvalue weighted by molar-refractivity contribution is 0.559. The summed E-state index contributed by atoms with van der Waals surface area (Å²) in [6.07, 6.45) is 3.05. The standard InChI is InChI=1S/C10H10N4O2S/c1-2-8-5-9(13)3-4-10(8)17(15,16)14(6-11)7-12/h3-5H,2,13H2,1H3. The van der Waals surface area contributed by atoms with Crippen molar-refractivity contribution in [3.05, 3.63) is 23.8 Å². The van der Waals surface area contributed by atoms with E-state index in [-0.39, 0.29) is 9.20 Å². The minimum Gasteiger partial charge on any atom is -0.399 e. The first-order chi connectivity index (χ1) is 7.97. The van der Waals surface area contributed by atoms with Gasteiger partial charge in [0.15, 0.2) is 0 Å². The smallest absolute Gasteiger partial charge is 0.285 e. The van der Waals surface area contributed by atoms with Crippen LogP contribution in [0.5, 0.6) is 0 Å². The molecular formula is C10H10N4O2S. The monoisotopic (exact) mass is 250 g/mol. The van der Waals surface area contributed by atoms with E-state index in [4.69, 9.17) is 16.3 Å². The van der Waals surface area contributed by atoms with Crippen LogP contribution in [-0.2, 0) is 16.4 Å². The van der Waals surface area contributed by atoms with E-state index in [1.54, 1.807) is 6.92 Å². The van der Waals surface area contributed by atoms with Gasteiger partial charge < -0.3 is 5.73 Å². The first kappa shape index (κ1) is 12.8. The maximum atomic E-state index is 11.9. The molecule has 0 amide bonds. The molecule has 17 heavy (non-hydrogen) atoms. The second-order valence-electron chi connectivity index (χ2n) is 3.19. The molecule has 1 aromatic carbocycles. The Morgan fingerprint density at radius 3 is 2.41 bits per heavy atom. The fourth-order valence-electron chi connectivity index (χ4n) is 1.36. The van der Waals surface area contributed by atoms with E-state index in [1.807, 2.05) is 0 Å². The van der Waals surface area contributed by atoms with Gasteiger partial charge in [0.25, 0.3) is 10.0 Å². The van der Waals surface area contributed by atoms with Gasteiger partial charge in [-0.25, -0.2) is 0 Å². The molecule has 0 aliphatic rings. The second-order valence-corrected chi connectivity index (χ2v) is 4.95. The molecule has 0 aliphatic heterocycles. The fourth-order valence-corrected chi connectivity index (χ4v) is 2.54. The van der Waals surface area contributed by atoms with Gasteiger partial charge >= 0.3 is 0 Å². The molecule has 0 saturated heterocycles. The van der Waals surface area contributed by atoms with Crippen LogP contribution >= 0.6 is 0 Å². The quantitative estimate of drug-likeness (QED) is 0.484. The number of nitrogen functional groups attached to an aromatic ring is 1. The Bertz CT molecular complexity index is 596. The summed E-state index contributed by atoms with van der Waals surface area (Å²) >= 11 is 0. The van der Waals surface area contributed by atoms with E-state index in [1.165, 1.54) is 30.6 Å². The van der Waals surface area contributed by atoms with E-state index >= 15 is 0 Å². The normalized spacial score (nSPS) is 10.3. The van der Waals surface area contributed by atoms with Crippen molar-refractivity contribution in [1.29, 1.82) is 10.5 Å². The van der Waals surface area contributed by atoms with Crippen LogP contribution in [0.2, 0.25) is 0 Å². The molecule has 0 heterocycles. The average molecular weight is 250 g/mol. The van der Waals surface area contributed by atoms with Crippen LogP contribution in [0.1, 0.15) is 12.5 Å². The van der Waals surface area contributed by atoms with Crippen LogP contribution in [0, 0.1) is 22.9 Å². The molecule has 88 valence electrons. The molecule has 0 bridgehead atoms. The van der Waals surface area contributed by atoms with Gasteiger partial charge in [0.1, 0.15) is 0 Å². The predicted molar refractivity (Wildman–Crippen MR) is 60.5 cm³/mol. The summed E-state index contributed by atoms with van der Waals surface area (Å²) in [6, 6.07) is 4.23. The summed E-state index contributed by atoms with van der Waals surface area (Å²) in [6.45, 7) is 1.76. The molecule has 1 aromatic rings. The Kier molecular flexibility index (Phi) is 3.56. The number of nitrogens with zero attached hydrogens (tertiary/aromatic N) is 3. The third-order valence-electron chi connectivity index (χ3n) is 2.17. The van der Waals surface area contributed by atoms with Crippen molar-refractivity contribution in [1.82, 2.24) is 4.31 Å². The Morgan fingerprint density at radius 1 is 1.35 bits per heavy atom. The molecule has 1 rings (SSSR count). The largest absolute Gasteiger partial charge is 0.399 e. The molecule has 0 aliphatic carbocycles. The van der Waals surface area contributed by atoms with E-state index < -0.39 is 10.0 Å². The van der Waals surface area contributed by atoms with Gasteiger partial charge in [-0.1, -0.05) is 11.2 Å². The van der Waals surface area contributed by atoms with Crippen molar-refractivity contribution in [3.8, 4) is 12.4 Å². The number of aryl methyl sites for hydroxylation is 1.